The third-order valence-electron chi connectivity index (χ3n) is 5.43. The van der Waals surface area contributed by atoms with Gasteiger partial charge in [0.2, 0.25) is 5.91 Å². The first-order valence-electron chi connectivity index (χ1n) is 9.68. The molecule has 0 aliphatic carbocycles. The first-order chi connectivity index (χ1) is 14.6. The molecule has 166 valence electrons. The molecule has 31 heavy (non-hydrogen) atoms. The number of nitrogens with zero attached hydrogens (tertiary/aromatic N) is 1. The molecule has 0 fully saturated rings. The molecule has 1 aliphatic heterocycles. The van der Waals surface area contributed by atoms with Crippen LogP contribution in [-0.4, -0.2) is 30.9 Å². The van der Waals surface area contributed by atoms with E-state index in [4.69, 9.17) is 34.8 Å². The highest BCUT2D eigenvalue weighted by molar-refractivity contribution is 6.48. The third-order valence-corrected chi connectivity index (χ3v) is 6.63. The SMILES string of the molecule is CCC(=O)NCCc1ccc(C2=NCC(c3cc(Cl)c(Cl)c(Cl)c3)(C(F)(F)F)C2)cc1. The van der Waals surface area contributed by atoms with Gasteiger partial charge in [-0.2, -0.15) is 13.2 Å². The van der Waals surface area contributed by atoms with Gasteiger partial charge in [-0.15, -0.1) is 0 Å². The molecule has 0 saturated heterocycles. The number of carbonyl (C=O) groups is 1. The zero-order chi connectivity index (χ0) is 22.8. The molecular weight excluding hydrogens is 472 g/mol. The summed E-state index contributed by atoms with van der Waals surface area (Å²) in [6.07, 6.45) is -3.83. The molecule has 0 spiro atoms. The summed E-state index contributed by atoms with van der Waals surface area (Å²) in [5.74, 6) is -0.0252. The number of carbonyl (C=O) groups excluding carboxylic acids is 1. The van der Waals surface area contributed by atoms with E-state index in [2.05, 4.69) is 10.3 Å². The van der Waals surface area contributed by atoms with Crippen molar-refractivity contribution < 1.29 is 18.0 Å². The lowest BCUT2D eigenvalue weighted by atomic mass is 9.76. The number of hydrogen-bond donors (Lipinski definition) is 1. The van der Waals surface area contributed by atoms with Gasteiger partial charge in [0.05, 0.1) is 21.6 Å². The molecule has 1 heterocycles. The third kappa shape index (κ3) is 5.02. The monoisotopic (exact) mass is 490 g/mol. The van der Waals surface area contributed by atoms with Crippen LogP contribution in [0, 0.1) is 0 Å². The summed E-state index contributed by atoms with van der Waals surface area (Å²) in [5, 5.41) is 2.76. The van der Waals surface area contributed by atoms with Gasteiger partial charge in [0.15, 0.2) is 0 Å². The molecular formula is C22H20Cl3F3N2O. The maximum Gasteiger partial charge on any atom is 0.400 e. The Kier molecular flexibility index (Phi) is 7.24. The Morgan fingerprint density at radius 3 is 2.29 bits per heavy atom. The Morgan fingerprint density at radius 2 is 1.74 bits per heavy atom. The van der Waals surface area contributed by atoms with Crippen molar-refractivity contribution in [3.8, 4) is 0 Å². The lowest BCUT2D eigenvalue weighted by molar-refractivity contribution is -0.183. The number of hydrogen-bond acceptors (Lipinski definition) is 2. The Hall–Kier alpha value is -1.76. The quantitative estimate of drug-likeness (QED) is 0.466. The largest absolute Gasteiger partial charge is 0.400 e. The van der Waals surface area contributed by atoms with Gasteiger partial charge in [-0.25, -0.2) is 0 Å². The lowest BCUT2D eigenvalue weighted by Crippen LogP contribution is -2.43. The lowest BCUT2D eigenvalue weighted by Gasteiger charge is -2.32. The van der Waals surface area contributed by atoms with Gasteiger partial charge >= 0.3 is 6.18 Å². The Balaban J connectivity index is 1.81. The molecule has 1 N–H and O–H groups in total. The molecule has 3 rings (SSSR count). The van der Waals surface area contributed by atoms with Crippen LogP contribution in [0.5, 0.6) is 0 Å². The highest BCUT2D eigenvalue weighted by Gasteiger charge is 2.58. The number of rotatable bonds is 6. The second kappa shape index (κ2) is 9.39. The Labute approximate surface area is 193 Å². The summed E-state index contributed by atoms with van der Waals surface area (Å²) in [4.78, 5) is 15.5. The van der Waals surface area contributed by atoms with Gasteiger partial charge in [0, 0.05) is 25.1 Å². The van der Waals surface area contributed by atoms with E-state index in [0.717, 1.165) is 5.56 Å². The van der Waals surface area contributed by atoms with Crippen LogP contribution in [0.1, 0.15) is 36.5 Å². The van der Waals surface area contributed by atoms with Crippen molar-refractivity contribution in [3.63, 3.8) is 0 Å². The van der Waals surface area contributed by atoms with Crippen molar-refractivity contribution in [1.82, 2.24) is 5.32 Å². The minimum absolute atomic E-state index is 0.0225. The van der Waals surface area contributed by atoms with E-state index in [1.54, 1.807) is 19.1 Å². The standard InChI is InChI=1S/C22H20Cl3F3N2O/c1-2-19(31)29-8-7-13-3-5-14(6-4-13)18-11-21(12-30-18,22(26,27)28)15-9-16(23)20(25)17(24)10-15/h3-6,9-10H,2,7-8,11-12H2,1H3,(H,29,31). The van der Waals surface area contributed by atoms with E-state index in [0.29, 0.717) is 30.7 Å². The second-order valence-electron chi connectivity index (χ2n) is 7.42. The molecule has 0 radical (unpaired) electrons. The van der Waals surface area contributed by atoms with Crippen LogP contribution < -0.4 is 5.32 Å². The number of aliphatic imine (C=N–C) groups is 1. The van der Waals surface area contributed by atoms with E-state index in [1.807, 2.05) is 12.1 Å². The van der Waals surface area contributed by atoms with E-state index in [9.17, 15) is 18.0 Å². The van der Waals surface area contributed by atoms with Crippen LogP contribution in [0.15, 0.2) is 41.4 Å². The zero-order valence-corrected chi connectivity index (χ0v) is 18.9. The van der Waals surface area contributed by atoms with Crippen molar-refractivity contribution in [1.29, 1.82) is 0 Å². The van der Waals surface area contributed by atoms with Crippen molar-refractivity contribution in [3.05, 3.63) is 68.2 Å². The van der Waals surface area contributed by atoms with Gasteiger partial charge in [-0.3, -0.25) is 9.79 Å². The average molecular weight is 492 g/mol. The molecule has 1 atom stereocenters. The first kappa shape index (κ1) is 23.9. The smallest absolute Gasteiger partial charge is 0.356 e. The van der Waals surface area contributed by atoms with Gasteiger partial charge in [0.1, 0.15) is 5.41 Å². The molecule has 9 heteroatoms. The molecule has 2 aromatic rings. The summed E-state index contributed by atoms with van der Waals surface area (Å²) >= 11 is 17.9. The zero-order valence-electron chi connectivity index (χ0n) is 16.6. The van der Waals surface area contributed by atoms with Crippen LogP contribution in [0.4, 0.5) is 13.2 Å². The van der Waals surface area contributed by atoms with Gasteiger partial charge in [0.25, 0.3) is 0 Å². The maximum atomic E-state index is 14.2. The van der Waals surface area contributed by atoms with Crippen LogP contribution in [0.3, 0.4) is 0 Å². The predicted octanol–water partition coefficient (Wildman–Crippen LogP) is 6.41. The minimum Gasteiger partial charge on any atom is -0.356 e. The van der Waals surface area contributed by atoms with Crippen molar-refractivity contribution >= 4 is 46.4 Å². The molecule has 1 unspecified atom stereocenters. The molecule has 0 saturated carbocycles. The summed E-state index contributed by atoms with van der Waals surface area (Å²) < 4.78 is 42.7. The van der Waals surface area contributed by atoms with Gasteiger partial charge in [-0.1, -0.05) is 66.0 Å². The molecule has 1 amide bonds. The minimum atomic E-state index is -4.56. The van der Waals surface area contributed by atoms with Gasteiger partial charge in [-0.05, 0) is 35.2 Å². The van der Waals surface area contributed by atoms with Crippen molar-refractivity contribution in [2.75, 3.05) is 13.1 Å². The van der Waals surface area contributed by atoms with Gasteiger partial charge < -0.3 is 5.32 Å². The molecule has 1 aliphatic rings. The van der Waals surface area contributed by atoms with Crippen LogP contribution in [0.2, 0.25) is 15.1 Å². The number of amides is 1. The van der Waals surface area contributed by atoms with Crippen molar-refractivity contribution in [2.45, 2.75) is 37.8 Å². The normalized spacial score (nSPS) is 18.7. The predicted molar refractivity (Wildman–Crippen MR) is 119 cm³/mol. The first-order valence-corrected chi connectivity index (χ1v) is 10.8. The highest BCUT2D eigenvalue weighted by atomic mass is 35.5. The van der Waals surface area contributed by atoms with Crippen LogP contribution in [0.25, 0.3) is 0 Å². The summed E-state index contributed by atoms with van der Waals surface area (Å²) in [6.45, 7) is 1.83. The molecule has 0 aromatic heterocycles. The van der Waals surface area contributed by atoms with Crippen LogP contribution >= 0.6 is 34.8 Å². The summed E-state index contributed by atoms with van der Waals surface area (Å²) in [6, 6.07) is 9.61. The number of alkyl halides is 3. The average Bonchev–Trinajstić information content (AvgIpc) is 3.19. The van der Waals surface area contributed by atoms with E-state index in [-0.39, 0.29) is 33.0 Å². The highest BCUT2D eigenvalue weighted by Crippen LogP contribution is 2.49. The topological polar surface area (TPSA) is 41.5 Å². The Morgan fingerprint density at radius 1 is 1.13 bits per heavy atom. The number of nitrogens with one attached hydrogen (secondary N) is 1. The van der Waals surface area contributed by atoms with E-state index in [1.165, 1.54) is 12.1 Å². The number of benzene rings is 2. The van der Waals surface area contributed by atoms with Crippen molar-refractivity contribution in [2.24, 2.45) is 4.99 Å². The second-order valence-corrected chi connectivity index (χ2v) is 8.62. The van der Waals surface area contributed by atoms with Crippen LogP contribution in [-0.2, 0) is 16.6 Å². The molecule has 0 bridgehead atoms. The fourth-order valence-corrected chi connectivity index (χ4v) is 4.13. The fourth-order valence-electron chi connectivity index (χ4n) is 3.54. The molecule has 2 aromatic carbocycles. The van der Waals surface area contributed by atoms with E-state index >= 15 is 0 Å². The number of halogens is 6. The Bertz CT molecular complexity index is 983. The molecule has 3 nitrogen and oxygen atoms in total. The maximum absolute atomic E-state index is 14.2. The fraction of sp³-hybridized carbons (Fsp3) is 0.364. The summed E-state index contributed by atoms with van der Waals surface area (Å²) in [5.41, 5.74) is -0.314. The van der Waals surface area contributed by atoms with E-state index < -0.39 is 18.1 Å². The summed E-state index contributed by atoms with van der Waals surface area (Å²) in [7, 11) is 0.